The van der Waals surface area contributed by atoms with Gasteiger partial charge in [0.15, 0.2) is 0 Å². The first-order valence-electron chi connectivity index (χ1n) is 8.19. The van der Waals surface area contributed by atoms with Crippen LogP contribution < -0.4 is 4.74 Å². The highest BCUT2D eigenvalue weighted by Crippen LogP contribution is 2.22. The zero-order chi connectivity index (χ0) is 15.8. The van der Waals surface area contributed by atoms with Crippen molar-refractivity contribution in [2.45, 2.75) is 45.1 Å². The van der Waals surface area contributed by atoms with Crippen molar-refractivity contribution in [3.63, 3.8) is 0 Å². The monoisotopic (exact) mass is 321 g/mol. The molecule has 22 heavy (non-hydrogen) atoms. The molecule has 2 rings (SSSR count). The van der Waals surface area contributed by atoms with Crippen molar-refractivity contribution >= 4 is 17.7 Å². The minimum Gasteiger partial charge on any atom is -0.493 e. The van der Waals surface area contributed by atoms with Crippen molar-refractivity contribution in [3.05, 3.63) is 29.8 Å². The van der Waals surface area contributed by atoms with Crippen LogP contribution in [0.5, 0.6) is 5.75 Å². The van der Waals surface area contributed by atoms with E-state index < -0.39 is 0 Å². The van der Waals surface area contributed by atoms with Crippen molar-refractivity contribution in [1.29, 1.82) is 0 Å². The zero-order valence-corrected chi connectivity index (χ0v) is 14.5. The highest BCUT2D eigenvalue weighted by atomic mass is 32.2. The van der Waals surface area contributed by atoms with Crippen LogP contribution in [0.4, 0.5) is 0 Å². The van der Waals surface area contributed by atoms with Crippen molar-refractivity contribution in [2.24, 2.45) is 0 Å². The summed E-state index contributed by atoms with van der Waals surface area (Å²) in [6.07, 6.45) is 6.19. The van der Waals surface area contributed by atoms with Crippen LogP contribution in [-0.4, -0.2) is 42.0 Å². The fourth-order valence-electron chi connectivity index (χ4n) is 2.86. The summed E-state index contributed by atoms with van der Waals surface area (Å²) in [5.74, 6) is 2.57. The molecular weight excluding hydrogens is 294 g/mol. The van der Waals surface area contributed by atoms with Crippen LogP contribution in [0.1, 0.15) is 37.7 Å². The second-order valence-corrected chi connectivity index (χ2v) is 7.12. The zero-order valence-electron chi connectivity index (χ0n) is 13.7. The number of benzene rings is 1. The summed E-state index contributed by atoms with van der Waals surface area (Å²) in [6.45, 7) is 2.70. The van der Waals surface area contributed by atoms with Crippen molar-refractivity contribution in [3.8, 4) is 5.75 Å². The fraction of sp³-hybridized carbons (Fsp3) is 0.611. The van der Waals surface area contributed by atoms with E-state index in [-0.39, 0.29) is 5.91 Å². The van der Waals surface area contributed by atoms with Crippen LogP contribution in [0.15, 0.2) is 24.3 Å². The molecule has 1 fully saturated rings. The van der Waals surface area contributed by atoms with Crippen LogP contribution in [0.3, 0.4) is 0 Å². The van der Waals surface area contributed by atoms with Gasteiger partial charge in [-0.25, -0.2) is 0 Å². The maximum atomic E-state index is 12.2. The Hall–Kier alpha value is -1.16. The smallest absolute Gasteiger partial charge is 0.232 e. The number of carbonyl (C=O) groups excluding carboxylic acids is 1. The molecule has 0 heterocycles. The Balaban J connectivity index is 1.60. The summed E-state index contributed by atoms with van der Waals surface area (Å²) < 4.78 is 5.70. The van der Waals surface area contributed by atoms with Crippen molar-refractivity contribution < 1.29 is 9.53 Å². The molecular formula is C18H27NO2S. The Bertz CT molecular complexity index is 472. The van der Waals surface area contributed by atoms with Gasteiger partial charge in [-0.2, -0.15) is 0 Å². The number of carbonyl (C=O) groups is 1. The minimum absolute atomic E-state index is 0.257. The Morgan fingerprint density at radius 2 is 2.09 bits per heavy atom. The third-order valence-corrected chi connectivity index (χ3v) is 5.13. The number of rotatable bonds is 7. The highest BCUT2D eigenvalue weighted by molar-refractivity contribution is 7.99. The lowest BCUT2D eigenvalue weighted by Gasteiger charge is -2.31. The Morgan fingerprint density at radius 3 is 2.82 bits per heavy atom. The Labute approximate surface area is 138 Å². The van der Waals surface area contributed by atoms with E-state index in [1.165, 1.54) is 37.7 Å². The van der Waals surface area contributed by atoms with Crippen molar-refractivity contribution in [2.75, 3.05) is 25.2 Å². The lowest BCUT2D eigenvalue weighted by molar-refractivity contribution is -0.129. The molecule has 1 aliphatic carbocycles. The second kappa shape index (κ2) is 9.09. The van der Waals surface area contributed by atoms with E-state index in [9.17, 15) is 4.79 Å². The van der Waals surface area contributed by atoms with Crippen LogP contribution in [0.2, 0.25) is 0 Å². The van der Waals surface area contributed by atoms with Crippen LogP contribution in [0.25, 0.3) is 0 Å². The van der Waals surface area contributed by atoms with Crippen LogP contribution in [0, 0.1) is 6.92 Å². The molecule has 0 spiro atoms. The number of thioether (sulfide) groups is 1. The van der Waals surface area contributed by atoms with Gasteiger partial charge in [-0.05, 0) is 37.5 Å². The molecule has 0 N–H and O–H groups in total. The molecule has 0 aromatic heterocycles. The molecule has 1 saturated carbocycles. The van der Waals surface area contributed by atoms with E-state index in [4.69, 9.17) is 4.74 Å². The summed E-state index contributed by atoms with van der Waals surface area (Å²) in [7, 11) is 1.96. The van der Waals surface area contributed by atoms with E-state index in [2.05, 4.69) is 13.0 Å². The first-order chi connectivity index (χ1) is 10.7. The lowest BCUT2D eigenvalue weighted by Crippen LogP contribution is -2.39. The molecule has 0 saturated heterocycles. The van der Waals surface area contributed by atoms with Gasteiger partial charge in [-0.15, -0.1) is 11.8 Å². The third kappa shape index (κ3) is 5.56. The van der Waals surface area contributed by atoms with Gasteiger partial charge in [0.25, 0.3) is 0 Å². The maximum absolute atomic E-state index is 12.2. The molecule has 0 atom stereocenters. The molecule has 4 heteroatoms. The van der Waals surface area contributed by atoms with E-state index >= 15 is 0 Å². The molecule has 1 aromatic rings. The molecule has 1 aromatic carbocycles. The largest absolute Gasteiger partial charge is 0.493 e. The van der Waals surface area contributed by atoms with Gasteiger partial charge in [0.05, 0.1) is 12.4 Å². The van der Waals surface area contributed by atoms with Crippen molar-refractivity contribution in [1.82, 2.24) is 4.90 Å². The molecule has 1 aliphatic rings. The third-order valence-electron chi connectivity index (χ3n) is 4.23. The topological polar surface area (TPSA) is 29.5 Å². The summed E-state index contributed by atoms with van der Waals surface area (Å²) in [5, 5.41) is 0. The highest BCUT2D eigenvalue weighted by Gasteiger charge is 2.21. The summed E-state index contributed by atoms with van der Waals surface area (Å²) in [4.78, 5) is 14.2. The predicted molar refractivity (Wildman–Crippen MR) is 93.6 cm³/mol. The van der Waals surface area contributed by atoms with E-state index in [0.29, 0.717) is 18.4 Å². The second-order valence-electron chi connectivity index (χ2n) is 6.01. The van der Waals surface area contributed by atoms with E-state index in [0.717, 1.165) is 11.5 Å². The normalized spacial score (nSPS) is 15.5. The number of amides is 1. The van der Waals surface area contributed by atoms with Gasteiger partial charge in [0.2, 0.25) is 5.91 Å². The number of nitrogens with zero attached hydrogens (tertiary/aromatic N) is 1. The van der Waals surface area contributed by atoms with Gasteiger partial charge in [0.1, 0.15) is 5.75 Å². The van der Waals surface area contributed by atoms with Gasteiger partial charge in [-0.1, -0.05) is 31.4 Å². The molecule has 0 bridgehead atoms. The van der Waals surface area contributed by atoms with Gasteiger partial charge >= 0.3 is 0 Å². The standard InChI is InChI=1S/C18H27NO2S/c1-15-7-6-10-17(13-15)21-11-12-22-14-18(20)19(2)16-8-4-3-5-9-16/h6-7,10,13,16H,3-5,8-9,11-12,14H2,1-2H3. The average molecular weight is 321 g/mol. The Kier molecular flexibility index (Phi) is 7.10. The quantitative estimate of drug-likeness (QED) is 0.713. The molecule has 0 aliphatic heterocycles. The van der Waals surface area contributed by atoms with E-state index in [1.54, 1.807) is 11.8 Å². The fourth-order valence-corrected chi connectivity index (χ4v) is 3.58. The van der Waals surface area contributed by atoms with Crippen LogP contribution >= 0.6 is 11.8 Å². The number of aryl methyl sites for hydroxylation is 1. The van der Waals surface area contributed by atoms with Gasteiger partial charge in [0, 0.05) is 18.8 Å². The lowest BCUT2D eigenvalue weighted by atomic mass is 9.94. The van der Waals surface area contributed by atoms with Gasteiger partial charge < -0.3 is 9.64 Å². The number of hydrogen-bond acceptors (Lipinski definition) is 3. The SMILES string of the molecule is Cc1cccc(OCCSCC(=O)N(C)C2CCCCC2)c1. The van der Waals surface area contributed by atoms with Gasteiger partial charge in [-0.3, -0.25) is 4.79 Å². The first-order valence-corrected chi connectivity index (χ1v) is 9.35. The number of hydrogen-bond donors (Lipinski definition) is 0. The predicted octanol–water partition coefficient (Wildman–Crippen LogP) is 3.90. The number of ether oxygens (including phenoxy) is 1. The Morgan fingerprint density at radius 1 is 1.32 bits per heavy atom. The minimum atomic E-state index is 0.257. The molecule has 3 nitrogen and oxygen atoms in total. The first kappa shape index (κ1) is 17.2. The van der Waals surface area contributed by atoms with Crippen LogP contribution in [-0.2, 0) is 4.79 Å². The molecule has 1 amide bonds. The summed E-state index contributed by atoms with van der Waals surface area (Å²) >= 11 is 1.66. The summed E-state index contributed by atoms with van der Waals surface area (Å²) in [5.41, 5.74) is 1.20. The molecule has 122 valence electrons. The molecule has 0 unspecified atom stereocenters. The maximum Gasteiger partial charge on any atom is 0.232 e. The average Bonchev–Trinajstić information content (AvgIpc) is 2.54. The molecule has 0 radical (unpaired) electrons. The van der Waals surface area contributed by atoms with E-state index in [1.807, 2.05) is 30.1 Å². The summed E-state index contributed by atoms with van der Waals surface area (Å²) in [6, 6.07) is 8.53.